The third-order valence-electron chi connectivity index (χ3n) is 4.81. The number of carbonyl (C=O) groups is 1. The van der Waals surface area contributed by atoms with Gasteiger partial charge in [-0.3, -0.25) is 9.69 Å². The minimum absolute atomic E-state index is 0.00000283. The van der Waals surface area contributed by atoms with Crippen LogP contribution in [0.4, 0.5) is 5.13 Å². The Labute approximate surface area is 183 Å². The molecule has 3 aromatic rings. The topological polar surface area (TPSA) is 55.6 Å². The van der Waals surface area contributed by atoms with Crippen molar-refractivity contribution in [3.05, 3.63) is 57.8 Å². The minimum atomic E-state index is 0.00000283. The van der Waals surface area contributed by atoms with E-state index in [2.05, 4.69) is 0 Å². The fourth-order valence-electron chi connectivity index (χ4n) is 3.31. The van der Waals surface area contributed by atoms with Crippen molar-refractivity contribution >= 4 is 45.6 Å². The van der Waals surface area contributed by atoms with Gasteiger partial charge < -0.3 is 9.15 Å². The SMILES string of the molecule is O=C(CCc1ccco1)N(C[C@H]1CCCO1)c1nc(-c2ccc(Cl)cc2Cl)cs1. The van der Waals surface area contributed by atoms with E-state index in [1.54, 1.807) is 23.3 Å². The molecule has 29 heavy (non-hydrogen) atoms. The van der Waals surface area contributed by atoms with Crippen molar-refractivity contribution in [3.8, 4) is 11.3 Å². The number of anilines is 1. The Balaban J connectivity index is 1.55. The van der Waals surface area contributed by atoms with E-state index in [0.717, 1.165) is 36.5 Å². The Morgan fingerprint density at radius 1 is 1.31 bits per heavy atom. The van der Waals surface area contributed by atoms with Crippen LogP contribution in [0.25, 0.3) is 11.3 Å². The summed E-state index contributed by atoms with van der Waals surface area (Å²) in [5.74, 6) is 0.795. The minimum Gasteiger partial charge on any atom is -0.469 e. The van der Waals surface area contributed by atoms with Gasteiger partial charge in [0.05, 0.1) is 29.6 Å². The normalized spacial score (nSPS) is 16.3. The van der Waals surface area contributed by atoms with Gasteiger partial charge in [-0.1, -0.05) is 23.2 Å². The zero-order valence-corrected chi connectivity index (χ0v) is 18.0. The van der Waals surface area contributed by atoms with Crippen molar-refractivity contribution in [1.29, 1.82) is 0 Å². The highest BCUT2D eigenvalue weighted by atomic mass is 35.5. The number of carbonyl (C=O) groups excluding carboxylic acids is 1. The van der Waals surface area contributed by atoms with Gasteiger partial charge >= 0.3 is 0 Å². The van der Waals surface area contributed by atoms with E-state index in [0.29, 0.717) is 34.6 Å². The van der Waals surface area contributed by atoms with Crippen molar-refractivity contribution in [3.63, 3.8) is 0 Å². The van der Waals surface area contributed by atoms with Gasteiger partial charge in [0.1, 0.15) is 5.76 Å². The maximum Gasteiger partial charge on any atom is 0.229 e. The lowest BCUT2D eigenvalue weighted by molar-refractivity contribution is -0.119. The van der Waals surface area contributed by atoms with Gasteiger partial charge in [0.15, 0.2) is 5.13 Å². The molecular weight excluding hydrogens is 431 g/mol. The highest BCUT2D eigenvalue weighted by molar-refractivity contribution is 7.14. The molecule has 8 heteroatoms. The molecule has 2 aromatic heterocycles. The van der Waals surface area contributed by atoms with Crippen LogP contribution in [0.3, 0.4) is 0 Å². The van der Waals surface area contributed by atoms with E-state index in [9.17, 15) is 4.79 Å². The highest BCUT2D eigenvalue weighted by Crippen LogP contribution is 2.34. The van der Waals surface area contributed by atoms with Crippen LogP contribution in [0.2, 0.25) is 10.0 Å². The number of aromatic nitrogens is 1. The highest BCUT2D eigenvalue weighted by Gasteiger charge is 2.26. The Bertz CT molecular complexity index is 968. The van der Waals surface area contributed by atoms with E-state index in [-0.39, 0.29) is 12.0 Å². The van der Waals surface area contributed by atoms with Crippen LogP contribution in [-0.4, -0.2) is 30.1 Å². The third kappa shape index (κ3) is 5.01. The van der Waals surface area contributed by atoms with Crippen LogP contribution in [0, 0.1) is 0 Å². The Hall–Kier alpha value is -1.86. The molecule has 0 spiro atoms. The molecular formula is C21H20Cl2N2O3S. The number of hydrogen-bond acceptors (Lipinski definition) is 5. The molecule has 1 atom stereocenters. The summed E-state index contributed by atoms with van der Waals surface area (Å²) < 4.78 is 11.1. The summed E-state index contributed by atoms with van der Waals surface area (Å²) >= 11 is 13.7. The summed E-state index contributed by atoms with van der Waals surface area (Å²) in [4.78, 5) is 19.5. The summed E-state index contributed by atoms with van der Waals surface area (Å²) in [7, 11) is 0. The third-order valence-corrected chi connectivity index (χ3v) is 6.22. The average molecular weight is 451 g/mol. The molecule has 5 nitrogen and oxygen atoms in total. The van der Waals surface area contributed by atoms with Crippen molar-refractivity contribution < 1.29 is 13.9 Å². The van der Waals surface area contributed by atoms with Gasteiger partial charge in [0, 0.05) is 35.4 Å². The number of halogens is 2. The molecule has 4 rings (SSSR count). The monoisotopic (exact) mass is 450 g/mol. The summed E-state index contributed by atoms with van der Waals surface area (Å²) in [6.45, 7) is 1.24. The second-order valence-corrected chi connectivity index (χ2v) is 8.54. The van der Waals surface area contributed by atoms with Gasteiger partial charge in [-0.05, 0) is 43.2 Å². The molecule has 3 heterocycles. The van der Waals surface area contributed by atoms with E-state index >= 15 is 0 Å². The van der Waals surface area contributed by atoms with Crippen molar-refractivity contribution in [2.45, 2.75) is 31.8 Å². The number of furan rings is 1. The van der Waals surface area contributed by atoms with Crippen LogP contribution in [0.5, 0.6) is 0 Å². The molecule has 0 radical (unpaired) electrons. The maximum absolute atomic E-state index is 13.0. The molecule has 0 aliphatic carbocycles. The summed E-state index contributed by atoms with van der Waals surface area (Å²) in [5.41, 5.74) is 1.52. The van der Waals surface area contributed by atoms with E-state index in [1.807, 2.05) is 23.6 Å². The Kier molecular flexibility index (Phi) is 6.55. The summed E-state index contributed by atoms with van der Waals surface area (Å²) in [6, 6.07) is 9.01. The van der Waals surface area contributed by atoms with Crippen molar-refractivity contribution in [2.24, 2.45) is 0 Å². The molecule has 0 saturated carbocycles. The molecule has 1 aliphatic rings. The molecule has 1 saturated heterocycles. The van der Waals surface area contributed by atoms with E-state index < -0.39 is 0 Å². The largest absolute Gasteiger partial charge is 0.469 e. The van der Waals surface area contributed by atoms with Gasteiger partial charge in [-0.25, -0.2) is 4.98 Å². The number of benzene rings is 1. The lowest BCUT2D eigenvalue weighted by Gasteiger charge is -2.23. The summed E-state index contributed by atoms with van der Waals surface area (Å²) in [5, 5.41) is 3.66. The van der Waals surface area contributed by atoms with Crippen LogP contribution < -0.4 is 4.90 Å². The van der Waals surface area contributed by atoms with Crippen LogP contribution in [-0.2, 0) is 16.0 Å². The fraction of sp³-hybridized carbons (Fsp3) is 0.333. The lowest BCUT2D eigenvalue weighted by atomic mass is 10.2. The zero-order valence-electron chi connectivity index (χ0n) is 15.6. The van der Waals surface area contributed by atoms with Crippen LogP contribution in [0.1, 0.15) is 25.0 Å². The number of amides is 1. The number of aryl methyl sites for hydroxylation is 1. The first-order valence-electron chi connectivity index (χ1n) is 9.45. The number of nitrogens with zero attached hydrogens (tertiary/aromatic N) is 2. The number of hydrogen-bond donors (Lipinski definition) is 0. The Morgan fingerprint density at radius 2 is 2.21 bits per heavy atom. The predicted molar refractivity (Wildman–Crippen MR) is 116 cm³/mol. The van der Waals surface area contributed by atoms with Gasteiger partial charge in [-0.2, -0.15) is 0 Å². The van der Waals surface area contributed by atoms with E-state index in [1.165, 1.54) is 11.3 Å². The lowest BCUT2D eigenvalue weighted by Crippen LogP contribution is -2.37. The quantitative estimate of drug-likeness (QED) is 0.452. The molecule has 0 unspecified atom stereocenters. The van der Waals surface area contributed by atoms with Crippen LogP contribution >= 0.6 is 34.5 Å². The standard InChI is InChI=1S/C21H20Cl2N2O3S/c22-14-5-7-17(18(23)11-14)19-13-29-21(24-19)25(12-16-4-2-10-28-16)20(26)8-6-15-3-1-9-27-15/h1,3,5,7,9,11,13,16H,2,4,6,8,10,12H2/t16-/m1/s1. The van der Waals surface area contributed by atoms with Crippen LogP contribution in [0.15, 0.2) is 46.4 Å². The number of thiazole rings is 1. The Morgan fingerprint density at radius 3 is 2.93 bits per heavy atom. The van der Waals surface area contributed by atoms with Gasteiger partial charge in [-0.15, -0.1) is 11.3 Å². The first-order valence-corrected chi connectivity index (χ1v) is 11.1. The maximum atomic E-state index is 13.0. The molecule has 152 valence electrons. The molecule has 1 amide bonds. The second-order valence-electron chi connectivity index (χ2n) is 6.86. The van der Waals surface area contributed by atoms with Gasteiger partial charge in [0.25, 0.3) is 0 Å². The molecule has 1 fully saturated rings. The molecule has 1 aromatic carbocycles. The number of ether oxygens (including phenoxy) is 1. The molecule has 0 N–H and O–H groups in total. The van der Waals surface area contributed by atoms with Crippen molar-refractivity contribution in [2.75, 3.05) is 18.1 Å². The average Bonchev–Trinajstić information content (AvgIpc) is 3.47. The van der Waals surface area contributed by atoms with Gasteiger partial charge in [0.2, 0.25) is 5.91 Å². The first kappa shape index (κ1) is 20.4. The smallest absolute Gasteiger partial charge is 0.229 e. The fourth-order valence-corrected chi connectivity index (χ4v) is 4.66. The summed E-state index contributed by atoms with van der Waals surface area (Å²) in [6.07, 6.45) is 4.51. The first-order chi connectivity index (χ1) is 14.1. The second kappa shape index (κ2) is 9.30. The van der Waals surface area contributed by atoms with E-state index in [4.69, 9.17) is 37.3 Å². The predicted octanol–water partition coefficient (Wildman–Crippen LogP) is 5.85. The zero-order chi connectivity index (χ0) is 20.2. The molecule has 0 bridgehead atoms. The number of rotatable bonds is 7. The van der Waals surface area contributed by atoms with Crippen molar-refractivity contribution in [1.82, 2.24) is 4.98 Å². The molecule has 1 aliphatic heterocycles.